The Kier molecular flexibility index (Phi) is 4.63. The highest BCUT2D eigenvalue weighted by molar-refractivity contribution is 6.20. The number of fused-ring (bicyclic) bond motifs is 6. The van der Waals surface area contributed by atoms with Crippen LogP contribution in [0.4, 0.5) is 11.4 Å². The second-order valence-electron chi connectivity index (χ2n) is 13.2. The number of hydrogen-bond donors (Lipinski definition) is 3. The van der Waals surface area contributed by atoms with Crippen LogP contribution in [0.3, 0.4) is 0 Å². The topological polar surface area (TPSA) is 96.9 Å². The summed E-state index contributed by atoms with van der Waals surface area (Å²) >= 11 is 12.9. The molecule has 0 saturated heterocycles. The zero-order valence-corrected chi connectivity index (χ0v) is 24.5. The fourth-order valence-corrected chi connectivity index (χ4v) is 9.99. The Morgan fingerprint density at radius 2 is 1.45 bits per heavy atom. The molecule has 1 aromatic heterocycles. The quantitative estimate of drug-likeness (QED) is 0.241. The zero-order valence-electron chi connectivity index (χ0n) is 23.0. The predicted molar refractivity (Wildman–Crippen MR) is 163 cm³/mol. The molecule has 3 saturated carbocycles. The van der Waals surface area contributed by atoms with Gasteiger partial charge in [0.05, 0.1) is 27.7 Å². The molecule has 5 unspecified atom stereocenters. The molecule has 3 fully saturated rings. The fraction of sp³-hybridized carbons (Fsp3) is 0.394. The number of halogens is 2. The first-order valence-electron chi connectivity index (χ1n) is 14.6. The number of carbonyl (C=O) groups is 2. The number of rotatable bonds is 4. The summed E-state index contributed by atoms with van der Waals surface area (Å²) in [5.74, 6) is 1.07. The minimum Gasteiger partial charge on any atom is -0.507 e. The van der Waals surface area contributed by atoms with E-state index in [2.05, 4.69) is 4.98 Å². The van der Waals surface area contributed by atoms with Crippen molar-refractivity contribution in [3.8, 4) is 11.5 Å². The van der Waals surface area contributed by atoms with Gasteiger partial charge in [0, 0.05) is 71.2 Å². The molecular weight excluding hydrogens is 573 g/mol. The van der Waals surface area contributed by atoms with Gasteiger partial charge in [0.2, 0.25) is 11.8 Å². The third-order valence-electron chi connectivity index (χ3n) is 11.5. The van der Waals surface area contributed by atoms with E-state index in [4.69, 9.17) is 23.2 Å². The first kappa shape index (κ1) is 25.1. The van der Waals surface area contributed by atoms with E-state index < -0.39 is 10.8 Å². The van der Waals surface area contributed by atoms with Gasteiger partial charge in [0.25, 0.3) is 0 Å². The highest BCUT2D eigenvalue weighted by atomic mass is 35.5. The van der Waals surface area contributed by atoms with Gasteiger partial charge in [-0.3, -0.25) is 9.59 Å². The second-order valence-corrected chi connectivity index (χ2v) is 13.9. The van der Waals surface area contributed by atoms with Crippen LogP contribution in [-0.2, 0) is 9.59 Å². The van der Waals surface area contributed by atoms with E-state index in [-0.39, 0.29) is 40.6 Å². The van der Waals surface area contributed by atoms with Crippen molar-refractivity contribution < 1.29 is 19.8 Å². The highest BCUT2D eigenvalue weighted by Crippen LogP contribution is 3.01. The van der Waals surface area contributed by atoms with Crippen LogP contribution in [0.15, 0.2) is 42.6 Å². The molecule has 5 aliphatic rings. The maximum Gasteiger partial charge on any atom is 0.233 e. The number of aromatic nitrogens is 1. The average molecular weight is 603 g/mol. The minimum atomic E-state index is -0.543. The summed E-state index contributed by atoms with van der Waals surface area (Å²) in [6, 6.07) is 11.1. The van der Waals surface area contributed by atoms with Crippen LogP contribution >= 0.6 is 23.2 Å². The maximum absolute atomic E-state index is 14.3. The number of nitrogens with one attached hydrogen (secondary N) is 1. The van der Waals surface area contributed by atoms with Gasteiger partial charge in [0.1, 0.15) is 11.5 Å². The Labute approximate surface area is 252 Å². The van der Waals surface area contributed by atoms with Gasteiger partial charge < -0.3 is 25.0 Å². The van der Waals surface area contributed by atoms with Gasteiger partial charge in [-0.15, -0.1) is 23.2 Å². The molecule has 1 spiro atoms. The third-order valence-corrected chi connectivity index (χ3v) is 12.2. The van der Waals surface area contributed by atoms with Crippen LogP contribution in [0.5, 0.6) is 11.5 Å². The van der Waals surface area contributed by atoms with Crippen molar-refractivity contribution >= 4 is 68.1 Å². The lowest BCUT2D eigenvalue weighted by molar-refractivity contribution is -0.134. The number of alkyl halides is 2. The maximum atomic E-state index is 14.3. The zero-order chi connectivity index (χ0) is 28.9. The Bertz CT molecular complexity index is 1940. The normalized spacial score (nSPS) is 31.5. The van der Waals surface area contributed by atoms with E-state index in [9.17, 15) is 19.8 Å². The molecule has 3 aliphatic carbocycles. The summed E-state index contributed by atoms with van der Waals surface area (Å²) < 4.78 is 0. The summed E-state index contributed by atoms with van der Waals surface area (Å²) in [4.78, 5) is 35.4. The number of carbonyl (C=O) groups excluding carboxylic acids is 2. The van der Waals surface area contributed by atoms with Crippen molar-refractivity contribution in [2.24, 2.45) is 16.2 Å². The SMILES string of the molecule is Cc1c[nH]c2c(O)cc3c(c12)C(CCl)CN3C(=O)C12CC3(C(=O)N4CC(CCl)c5c4cc(O)c4ccccc54)CC31C2. The van der Waals surface area contributed by atoms with E-state index in [1.165, 1.54) is 0 Å². The Balaban J connectivity index is 1.04. The van der Waals surface area contributed by atoms with Gasteiger partial charge in [-0.05, 0) is 48.3 Å². The molecule has 3 aromatic carbocycles. The molecule has 0 bridgehead atoms. The molecule has 3 N–H and O–H groups in total. The van der Waals surface area contributed by atoms with Crippen molar-refractivity contribution in [1.82, 2.24) is 4.98 Å². The van der Waals surface area contributed by atoms with E-state index in [0.717, 1.165) is 44.2 Å². The van der Waals surface area contributed by atoms with Crippen LogP contribution in [0.1, 0.15) is 47.8 Å². The van der Waals surface area contributed by atoms with Gasteiger partial charge >= 0.3 is 0 Å². The van der Waals surface area contributed by atoms with Gasteiger partial charge in [-0.2, -0.15) is 0 Å². The van der Waals surface area contributed by atoms with E-state index in [1.54, 1.807) is 12.1 Å². The second kappa shape index (κ2) is 7.74. The number of benzene rings is 3. The van der Waals surface area contributed by atoms with Gasteiger partial charge in [0.15, 0.2) is 0 Å². The lowest BCUT2D eigenvalue weighted by Crippen LogP contribution is -2.49. The molecule has 9 heteroatoms. The van der Waals surface area contributed by atoms with Gasteiger partial charge in [-0.1, -0.05) is 24.3 Å². The lowest BCUT2D eigenvalue weighted by Gasteiger charge is -2.37. The van der Waals surface area contributed by atoms with Crippen molar-refractivity contribution in [2.45, 2.75) is 38.0 Å². The fourth-order valence-electron chi connectivity index (χ4n) is 9.49. The number of H-pyrrole nitrogens is 1. The number of amides is 2. The minimum absolute atomic E-state index is 0.0251. The number of nitrogens with zero attached hydrogens (tertiary/aromatic N) is 2. The summed E-state index contributed by atoms with van der Waals surface area (Å²) in [7, 11) is 0. The monoisotopic (exact) mass is 601 g/mol. The summed E-state index contributed by atoms with van der Waals surface area (Å²) in [6.07, 6.45) is 3.83. The Morgan fingerprint density at radius 1 is 0.881 bits per heavy atom. The van der Waals surface area contributed by atoms with Crippen LogP contribution < -0.4 is 9.80 Å². The molecule has 7 nitrogen and oxygen atoms in total. The standard InChI is InChI=1S/C33H29Cl2N3O4/c1-16-10-36-28-24(40)7-22-27(25(16)28)18(9-35)12-38(22)30(42)32-13-31(14-33(31,32)15-32)29(41)37-11-17(8-34)26-20-5-3-2-4-19(20)23(39)6-21(26)37/h2-7,10,17-18,36,39-40H,8-9,11-15H2,1H3. The van der Waals surface area contributed by atoms with Crippen LogP contribution in [0.25, 0.3) is 21.7 Å². The number of phenolic OH excluding ortho intramolecular Hbond substituents is 2. The first-order valence-corrected chi connectivity index (χ1v) is 15.6. The number of hydrogen-bond acceptors (Lipinski definition) is 4. The highest BCUT2D eigenvalue weighted by Gasteiger charge is 3.01. The van der Waals surface area contributed by atoms with Crippen LogP contribution in [-0.4, -0.2) is 51.9 Å². The average Bonchev–Trinajstić information content (AvgIpc) is 3.40. The molecule has 2 amide bonds. The smallest absolute Gasteiger partial charge is 0.233 e. The number of phenols is 2. The molecule has 9 rings (SSSR count). The number of aryl methyl sites for hydroxylation is 1. The molecule has 42 heavy (non-hydrogen) atoms. The van der Waals surface area contributed by atoms with Crippen LogP contribution in [0, 0.1) is 23.2 Å². The molecule has 5 atom stereocenters. The summed E-state index contributed by atoms with van der Waals surface area (Å²) in [6.45, 7) is 2.95. The predicted octanol–water partition coefficient (Wildman–Crippen LogP) is 6.25. The van der Waals surface area contributed by atoms with Crippen molar-refractivity contribution in [2.75, 3.05) is 34.6 Å². The van der Waals surface area contributed by atoms with Crippen LogP contribution in [0.2, 0.25) is 0 Å². The molecule has 2 aliphatic heterocycles. The van der Waals surface area contributed by atoms with E-state index in [0.29, 0.717) is 49.6 Å². The molecule has 214 valence electrons. The first-order chi connectivity index (χ1) is 20.2. The number of aromatic hydroxyl groups is 2. The summed E-state index contributed by atoms with van der Waals surface area (Å²) in [5.41, 5.74) is 3.80. The summed E-state index contributed by atoms with van der Waals surface area (Å²) in [5, 5.41) is 24.3. The molecular formula is C33H29Cl2N3O4. The van der Waals surface area contributed by atoms with E-state index in [1.807, 2.05) is 47.2 Å². The van der Waals surface area contributed by atoms with Gasteiger partial charge in [-0.25, -0.2) is 0 Å². The molecule has 4 aromatic rings. The molecule has 3 heterocycles. The number of aromatic amines is 1. The van der Waals surface area contributed by atoms with Crippen molar-refractivity contribution in [3.63, 3.8) is 0 Å². The van der Waals surface area contributed by atoms with E-state index >= 15 is 0 Å². The largest absolute Gasteiger partial charge is 0.507 e. The number of anilines is 2. The lowest BCUT2D eigenvalue weighted by atomic mass is 9.72. The van der Waals surface area contributed by atoms with Crippen molar-refractivity contribution in [3.05, 3.63) is 59.3 Å². The third kappa shape index (κ3) is 2.63. The Morgan fingerprint density at radius 3 is 2.07 bits per heavy atom. The molecule has 0 radical (unpaired) electrons. The Hall–Kier alpha value is -3.42. The van der Waals surface area contributed by atoms with Crippen molar-refractivity contribution in [1.29, 1.82) is 0 Å².